The van der Waals surface area contributed by atoms with Gasteiger partial charge in [-0.1, -0.05) is 17.7 Å². The van der Waals surface area contributed by atoms with Crippen LogP contribution < -0.4 is 20.0 Å². The Kier molecular flexibility index (Phi) is 10.2. The Morgan fingerprint density at radius 2 is 1.74 bits per heavy atom. The number of carbonyl (C=O) groups excluding carboxylic acids is 5. The largest absolute Gasteiger partial charge is 0.369 e. The number of imide groups is 1. The lowest BCUT2D eigenvalue weighted by atomic mass is 9.85. The lowest BCUT2D eigenvalue weighted by Gasteiger charge is -2.44. The first-order valence-electron chi connectivity index (χ1n) is 19.3. The number of aldehydes is 1. The fourth-order valence-electron chi connectivity index (χ4n) is 8.37. The van der Waals surface area contributed by atoms with Crippen molar-refractivity contribution in [2.75, 3.05) is 67.6 Å². The van der Waals surface area contributed by atoms with Crippen molar-refractivity contribution in [2.45, 2.75) is 38.1 Å². The van der Waals surface area contributed by atoms with Crippen LogP contribution >= 0.6 is 11.6 Å². The molecule has 1 atom stereocenters. The molecule has 1 aromatic heterocycles. The van der Waals surface area contributed by atoms with Crippen LogP contribution in [0.25, 0.3) is 11.3 Å². The summed E-state index contributed by atoms with van der Waals surface area (Å²) in [5.41, 5.74) is 4.75. The zero-order valence-corrected chi connectivity index (χ0v) is 33.2. The van der Waals surface area contributed by atoms with E-state index in [0.717, 1.165) is 74.1 Å². The molecule has 4 aromatic rings. The van der Waals surface area contributed by atoms with E-state index in [0.29, 0.717) is 34.2 Å². The van der Waals surface area contributed by atoms with Crippen molar-refractivity contribution >= 4 is 64.4 Å². The van der Waals surface area contributed by atoms with Gasteiger partial charge in [0.2, 0.25) is 17.7 Å². The normalized spacial score (nSPS) is 19.3. The lowest BCUT2D eigenvalue weighted by Crippen LogP contribution is -2.55. The molecule has 14 nitrogen and oxygen atoms in total. The Morgan fingerprint density at radius 3 is 2.41 bits per heavy atom. The smallest absolute Gasteiger partial charge is 0.255 e. The van der Waals surface area contributed by atoms with E-state index < -0.39 is 23.3 Å². The third kappa shape index (κ3) is 7.05. The highest BCUT2D eigenvalue weighted by molar-refractivity contribution is 6.32. The van der Waals surface area contributed by atoms with Gasteiger partial charge in [0.05, 0.1) is 51.0 Å². The summed E-state index contributed by atoms with van der Waals surface area (Å²) in [6.45, 7) is 9.81. The van der Waals surface area contributed by atoms with Gasteiger partial charge in [0.1, 0.15) is 17.9 Å². The van der Waals surface area contributed by atoms with Crippen LogP contribution in [0.1, 0.15) is 58.5 Å². The van der Waals surface area contributed by atoms with Gasteiger partial charge in [-0.25, -0.2) is 4.98 Å². The topological polar surface area (TPSA) is 163 Å². The number of amides is 4. The standard InChI is InChI=1S/C43H42ClN9O5/c1-43(2)33-17-27(5-9-36(33)53(42(43)58)31-6-4-28(19-45)34(44)18-31)35-20-47-38(21-46-35)52-23-26(24-52)22-50-12-14-51(15-13-50)30-7-8-32(29(16-30)25-54)41(57)49(3)37-10-11-39(55)48-40(37)56/h4-9,16-18,20-21,25-26,37H,10-15,22-24H2,1-3H3,(H,48,55,56). The van der Waals surface area contributed by atoms with Crippen LogP contribution in [-0.4, -0.2) is 109 Å². The van der Waals surface area contributed by atoms with Crippen molar-refractivity contribution in [3.63, 3.8) is 0 Å². The number of hydrogen-bond donors (Lipinski definition) is 1. The quantitative estimate of drug-likeness (QED) is 0.186. The molecule has 15 heteroatoms. The molecule has 0 spiro atoms. The van der Waals surface area contributed by atoms with E-state index in [-0.39, 0.29) is 35.8 Å². The molecule has 3 fully saturated rings. The van der Waals surface area contributed by atoms with Crippen molar-refractivity contribution in [3.8, 4) is 17.3 Å². The first-order valence-corrected chi connectivity index (χ1v) is 19.7. The van der Waals surface area contributed by atoms with Crippen molar-refractivity contribution in [1.29, 1.82) is 5.26 Å². The summed E-state index contributed by atoms with van der Waals surface area (Å²) in [7, 11) is 1.52. The Labute approximate surface area is 341 Å². The molecule has 0 aliphatic carbocycles. The molecule has 4 amide bonds. The zero-order valence-electron chi connectivity index (χ0n) is 32.4. The molecule has 3 saturated heterocycles. The first kappa shape index (κ1) is 38.7. The molecule has 8 rings (SSSR count). The van der Waals surface area contributed by atoms with Crippen molar-refractivity contribution in [2.24, 2.45) is 5.92 Å². The van der Waals surface area contributed by atoms with E-state index in [2.05, 4.69) is 26.1 Å². The molecule has 1 N–H and O–H groups in total. The highest BCUT2D eigenvalue weighted by Gasteiger charge is 2.45. The molecule has 4 aliphatic heterocycles. The second-order valence-electron chi connectivity index (χ2n) is 15.9. The lowest BCUT2D eigenvalue weighted by molar-refractivity contribution is -0.136. The Hall–Kier alpha value is -6.17. The molecule has 3 aromatic carbocycles. The maximum absolute atomic E-state index is 13.6. The minimum Gasteiger partial charge on any atom is -0.369 e. The van der Waals surface area contributed by atoms with Gasteiger partial charge in [-0.15, -0.1) is 0 Å². The summed E-state index contributed by atoms with van der Waals surface area (Å²) in [5, 5.41) is 11.9. The van der Waals surface area contributed by atoms with Gasteiger partial charge < -0.3 is 14.7 Å². The number of carbonyl (C=O) groups is 5. The average molecular weight is 800 g/mol. The second kappa shape index (κ2) is 15.3. The number of nitriles is 1. The van der Waals surface area contributed by atoms with Crippen molar-refractivity contribution in [1.82, 2.24) is 25.1 Å². The Balaban J connectivity index is 0.840. The van der Waals surface area contributed by atoms with E-state index in [1.165, 1.54) is 11.9 Å². The van der Waals surface area contributed by atoms with Gasteiger partial charge >= 0.3 is 0 Å². The molecule has 58 heavy (non-hydrogen) atoms. The van der Waals surface area contributed by atoms with Crippen LogP contribution in [0, 0.1) is 17.2 Å². The summed E-state index contributed by atoms with van der Waals surface area (Å²) < 4.78 is 0. The van der Waals surface area contributed by atoms with Crippen LogP contribution in [0.2, 0.25) is 5.02 Å². The SMILES string of the molecule is CN(C(=O)c1ccc(N2CCN(CC3CN(c4cnc(-c5ccc6c(c5)C(C)(C)C(=O)N6c5ccc(C#N)c(Cl)c5)cn4)C3)CC2)cc1C=O)C1CCC(=O)NC1=O. The summed E-state index contributed by atoms with van der Waals surface area (Å²) >= 11 is 6.32. The van der Waals surface area contributed by atoms with Crippen LogP contribution in [-0.2, 0) is 19.8 Å². The molecular weight excluding hydrogens is 758 g/mol. The predicted octanol–water partition coefficient (Wildman–Crippen LogP) is 4.57. The van der Waals surface area contributed by atoms with Gasteiger partial charge in [0.15, 0.2) is 6.29 Å². The number of hydrogen-bond acceptors (Lipinski definition) is 11. The molecule has 1 unspecified atom stereocenters. The number of anilines is 4. The number of nitrogens with one attached hydrogen (secondary N) is 1. The highest BCUT2D eigenvalue weighted by Crippen LogP contribution is 2.47. The number of nitrogens with zero attached hydrogens (tertiary/aromatic N) is 8. The van der Waals surface area contributed by atoms with Crippen LogP contribution in [0.3, 0.4) is 0 Å². The van der Waals surface area contributed by atoms with Gasteiger partial charge in [0.25, 0.3) is 5.91 Å². The van der Waals surface area contributed by atoms with Crippen molar-refractivity contribution < 1.29 is 24.0 Å². The number of fused-ring (bicyclic) bond motifs is 1. The number of rotatable bonds is 9. The van der Waals surface area contributed by atoms with E-state index in [9.17, 15) is 29.2 Å². The summed E-state index contributed by atoms with van der Waals surface area (Å²) in [5.74, 6) is -0.0662. The highest BCUT2D eigenvalue weighted by atomic mass is 35.5. The first-order chi connectivity index (χ1) is 27.9. The Morgan fingerprint density at radius 1 is 0.983 bits per heavy atom. The number of likely N-dealkylation sites (N-methyl/N-ethyl adjacent to an activating group) is 1. The number of benzene rings is 3. The van der Waals surface area contributed by atoms with E-state index in [4.69, 9.17) is 21.6 Å². The van der Waals surface area contributed by atoms with Crippen LogP contribution in [0.4, 0.5) is 22.9 Å². The second-order valence-corrected chi connectivity index (χ2v) is 16.3. The molecule has 5 heterocycles. The zero-order chi connectivity index (χ0) is 40.9. The van der Waals surface area contributed by atoms with Gasteiger partial charge in [-0.3, -0.25) is 44.1 Å². The number of aromatic nitrogens is 2. The van der Waals surface area contributed by atoms with Gasteiger partial charge in [0, 0.05) is 82.0 Å². The fourth-order valence-corrected chi connectivity index (χ4v) is 8.58. The third-order valence-corrected chi connectivity index (χ3v) is 12.2. The van der Waals surface area contributed by atoms with Crippen LogP contribution in [0.5, 0.6) is 0 Å². The average Bonchev–Trinajstić information content (AvgIpc) is 3.41. The molecule has 0 radical (unpaired) electrons. The predicted molar refractivity (Wildman–Crippen MR) is 218 cm³/mol. The monoisotopic (exact) mass is 799 g/mol. The van der Waals surface area contributed by atoms with Crippen molar-refractivity contribution in [3.05, 3.63) is 94.3 Å². The molecule has 4 aliphatic rings. The van der Waals surface area contributed by atoms with Gasteiger partial charge in [-0.05, 0) is 74.4 Å². The minimum atomic E-state index is -0.787. The summed E-state index contributed by atoms with van der Waals surface area (Å²) in [6.07, 6.45) is 4.66. The van der Waals surface area contributed by atoms with E-state index >= 15 is 0 Å². The fraction of sp³-hybridized carbons (Fsp3) is 0.349. The van der Waals surface area contributed by atoms with E-state index in [1.54, 1.807) is 47.6 Å². The maximum atomic E-state index is 13.6. The molecule has 0 saturated carbocycles. The minimum absolute atomic E-state index is 0.0805. The Bertz CT molecular complexity index is 2380. The summed E-state index contributed by atoms with van der Waals surface area (Å²) in [4.78, 5) is 82.3. The van der Waals surface area contributed by atoms with Crippen LogP contribution in [0.15, 0.2) is 67.0 Å². The molecular formula is C43H42ClN9O5. The molecule has 296 valence electrons. The maximum Gasteiger partial charge on any atom is 0.255 e. The van der Waals surface area contributed by atoms with E-state index in [1.807, 2.05) is 38.1 Å². The molecule has 0 bridgehead atoms. The number of piperazine rings is 1. The van der Waals surface area contributed by atoms with Gasteiger partial charge in [-0.2, -0.15) is 5.26 Å². The summed E-state index contributed by atoms with van der Waals surface area (Å²) in [6, 6.07) is 17.4. The number of halogens is 1. The third-order valence-electron chi connectivity index (χ3n) is 11.8. The number of piperidine rings is 1.